The largest absolute Gasteiger partial charge is 0.459 e. The predicted octanol–water partition coefficient (Wildman–Crippen LogP) is 8.04. The van der Waals surface area contributed by atoms with E-state index in [0.29, 0.717) is 27.4 Å². The minimum Gasteiger partial charge on any atom is -0.459 e. The van der Waals surface area contributed by atoms with E-state index in [0.717, 1.165) is 27.1 Å². The Balaban J connectivity index is 1.73. The zero-order valence-corrected chi connectivity index (χ0v) is 20.3. The van der Waals surface area contributed by atoms with Gasteiger partial charge in [0.1, 0.15) is 6.61 Å². The van der Waals surface area contributed by atoms with Crippen molar-refractivity contribution in [1.29, 1.82) is 0 Å². The lowest BCUT2D eigenvalue weighted by Crippen LogP contribution is -2.01. The molecule has 4 aromatic rings. The minimum atomic E-state index is -0.133. The maximum atomic E-state index is 6.64. The predicted molar refractivity (Wildman–Crippen MR) is 138 cm³/mol. The molecule has 0 aliphatic heterocycles. The molecule has 0 fully saturated rings. The van der Waals surface area contributed by atoms with Crippen LogP contribution in [-0.2, 0) is 6.61 Å². The average Bonchev–Trinajstić information content (AvgIpc) is 2.79. The van der Waals surface area contributed by atoms with Gasteiger partial charge in [0.25, 0.3) is 0 Å². The molecule has 7 heteroatoms. The van der Waals surface area contributed by atoms with Crippen LogP contribution in [-0.4, -0.2) is 22.1 Å². The monoisotopic (exact) mass is 500 g/mol. The fraction of sp³-hybridized carbons (Fsp3) is 0.0800. The van der Waals surface area contributed by atoms with Crippen LogP contribution in [0.2, 0.25) is 15.1 Å². The third kappa shape index (κ3) is 5.33. The first-order chi connectivity index (χ1) is 15.4. The van der Waals surface area contributed by atoms with Gasteiger partial charge in [-0.15, -0.1) is 0 Å². The van der Waals surface area contributed by atoms with Crippen molar-refractivity contribution in [1.82, 2.24) is 9.97 Å². The topological polar surface area (TPSA) is 35.0 Å². The molecule has 1 atom stereocenters. The molecule has 0 saturated heterocycles. The van der Waals surface area contributed by atoms with Gasteiger partial charge in [0, 0.05) is 42.9 Å². The Labute approximate surface area is 204 Å². The van der Waals surface area contributed by atoms with Crippen molar-refractivity contribution in [2.45, 2.75) is 11.5 Å². The Morgan fingerprint density at radius 2 is 1.53 bits per heavy atom. The zero-order chi connectivity index (χ0) is 22.7. The molecule has 4 rings (SSSR count). The highest BCUT2D eigenvalue weighted by Crippen LogP contribution is 2.38. The van der Waals surface area contributed by atoms with E-state index in [2.05, 4.69) is 17.1 Å². The summed E-state index contributed by atoms with van der Waals surface area (Å²) in [6, 6.07) is 21.2. The van der Waals surface area contributed by atoms with Crippen molar-refractivity contribution < 1.29 is 4.74 Å². The first kappa shape index (κ1) is 22.8. The van der Waals surface area contributed by atoms with Gasteiger partial charge in [0.15, 0.2) is 0 Å². The van der Waals surface area contributed by atoms with Gasteiger partial charge in [0.05, 0.1) is 5.69 Å². The van der Waals surface area contributed by atoms with Gasteiger partial charge in [-0.3, -0.25) is 0 Å². The fourth-order valence-electron chi connectivity index (χ4n) is 3.12. The van der Waals surface area contributed by atoms with E-state index in [1.165, 1.54) is 0 Å². The normalized spacial score (nSPS) is 11.9. The molecule has 0 aliphatic carbocycles. The Morgan fingerprint density at radius 3 is 2.16 bits per heavy atom. The van der Waals surface area contributed by atoms with Gasteiger partial charge >= 0.3 is 6.01 Å². The molecular formula is C25H19Cl3N2OS. The summed E-state index contributed by atoms with van der Waals surface area (Å²) in [5.74, 6) is 4.10. The van der Waals surface area contributed by atoms with Crippen LogP contribution in [0.15, 0.2) is 77.8 Å². The molecule has 32 heavy (non-hydrogen) atoms. The van der Waals surface area contributed by atoms with Crippen LogP contribution in [0.3, 0.4) is 0 Å². The Kier molecular flexibility index (Phi) is 7.17. The molecule has 0 radical (unpaired) electrons. The SMILES string of the molecule is C=S(C)c1ccc(-c2cnc(OCc3ccc(Cl)cc3)nc2-c2ccc(Cl)cc2)c(Cl)c1. The number of aromatic nitrogens is 2. The van der Waals surface area contributed by atoms with Crippen molar-refractivity contribution in [3.05, 3.63) is 93.6 Å². The van der Waals surface area contributed by atoms with Crippen LogP contribution < -0.4 is 4.74 Å². The van der Waals surface area contributed by atoms with Crippen LogP contribution in [0.25, 0.3) is 22.4 Å². The maximum Gasteiger partial charge on any atom is 0.317 e. The number of rotatable bonds is 6. The average molecular weight is 502 g/mol. The van der Waals surface area contributed by atoms with Gasteiger partial charge < -0.3 is 4.74 Å². The highest BCUT2D eigenvalue weighted by Gasteiger charge is 2.15. The number of benzene rings is 3. The van der Waals surface area contributed by atoms with E-state index in [4.69, 9.17) is 44.5 Å². The van der Waals surface area contributed by atoms with E-state index in [1.54, 1.807) is 6.20 Å². The molecule has 3 aromatic carbocycles. The van der Waals surface area contributed by atoms with Crippen molar-refractivity contribution in [2.75, 3.05) is 6.26 Å². The van der Waals surface area contributed by atoms with Gasteiger partial charge in [0.2, 0.25) is 0 Å². The van der Waals surface area contributed by atoms with Crippen LogP contribution in [0, 0.1) is 0 Å². The van der Waals surface area contributed by atoms with Gasteiger partial charge in [-0.2, -0.15) is 15.5 Å². The quantitative estimate of drug-likeness (QED) is 0.251. The second-order valence-electron chi connectivity index (χ2n) is 7.12. The van der Waals surface area contributed by atoms with Crippen molar-refractivity contribution in [3.8, 4) is 28.4 Å². The summed E-state index contributed by atoms with van der Waals surface area (Å²) < 4.78 is 5.86. The summed E-state index contributed by atoms with van der Waals surface area (Å²) in [5.41, 5.74) is 4.22. The first-order valence-electron chi connectivity index (χ1n) is 9.66. The maximum absolute atomic E-state index is 6.64. The molecule has 1 heterocycles. The second kappa shape index (κ2) is 10.1. The van der Waals surface area contributed by atoms with Gasteiger partial charge in [-0.25, -0.2) is 4.98 Å². The molecule has 0 bridgehead atoms. The molecule has 0 spiro atoms. The Hall–Kier alpha value is -2.37. The third-order valence-electron chi connectivity index (χ3n) is 4.80. The Morgan fingerprint density at radius 1 is 0.875 bits per heavy atom. The molecule has 162 valence electrons. The van der Waals surface area contributed by atoms with Gasteiger partial charge in [-0.1, -0.05) is 71.0 Å². The molecule has 1 unspecified atom stereocenters. The molecule has 0 saturated carbocycles. The standard InChI is InChI=1S/C25H19Cl3N2OS/c1-32(2)20-11-12-21(23(28)13-20)22-14-29-25(31-15-16-3-7-18(26)8-4-16)30-24(22)17-5-9-19(27)10-6-17/h3-14H,1,15H2,2H3. The van der Waals surface area contributed by atoms with E-state index < -0.39 is 0 Å². The van der Waals surface area contributed by atoms with Crippen LogP contribution in [0.5, 0.6) is 6.01 Å². The molecule has 1 aromatic heterocycles. The first-order valence-corrected chi connectivity index (χ1v) is 12.6. The summed E-state index contributed by atoms with van der Waals surface area (Å²) in [7, 11) is -0.133. The highest BCUT2D eigenvalue weighted by molar-refractivity contribution is 8.13. The fourth-order valence-corrected chi connectivity index (χ4v) is 4.34. The number of halogens is 3. The summed E-state index contributed by atoms with van der Waals surface area (Å²) in [6.07, 6.45) is 3.80. The third-order valence-corrected chi connectivity index (χ3v) is 6.67. The highest BCUT2D eigenvalue weighted by atomic mass is 35.5. The van der Waals surface area contributed by atoms with Crippen molar-refractivity contribution in [2.24, 2.45) is 0 Å². The lowest BCUT2D eigenvalue weighted by atomic mass is 10.0. The van der Waals surface area contributed by atoms with E-state index >= 15 is 0 Å². The summed E-state index contributed by atoms with van der Waals surface area (Å²) in [6.45, 7) is 0.328. The zero-order valence-electron chi connectivity index (χ0n) is 17.2. The minimum absolute atomic E-state index is 0.133. The van der Waals surface area contributed by atoms with E-state index in [-0.39, 0.29) is 16.5 Å². The molecule has 0 aliphatic rings. The van der Waals surface area contributed by atoms with Crippen LogP contribution in [0.1, 0.15) is 5.56 Å². The van der Waals surface area contributed by atoms with E-state index in [1.807, 2.05) is 66.7 Å². The summed E-state index contributed by atoms with van der Waals surface area (Å²) in [5, 5.41) is 1.95. The summed E-state index contributed by atoms with van der Waals surface area (Å²) in [4.78, 5) is 10.2. The van der Waals surface area contributed by atoms with Crippen LogP contribution in [0.4, 0.5) is 0 Å². The molecular weight excluding hydrogens is 483 g/mol. The number of hydrogen-bond acceptors (Lipinski definition) is 3. The number of ether oxygens (including phenoxy) is 1. The number of nitrogens with zero attached hydrogens (tertiary/aromatic N) is 2. The summed E-state index contributed by atoms with van der Waals surface area (Å²) >= 11 is 18.7. The smallest absolute Gasteiger partial charge is 0.317 e. The Bertz CT molecular complexity index is 1280. The lowest BCUT2D eigenvalue weighted by molar-refractivity contribution is 0.281. The van der Waals surface area contributed by atoms with Gasteiger partial charge in [-0.05, 0) is 48.2 Å². The molecule has 0 amide bonds. The van der Waals surface area contributed by atoms with Crippen molar-refractivity contribution in [3.63, 3.8) is 0 Å². The number of hydrogen-bond donors (Lipinski definition) is 0. The lowest BCUT2D eigenvalue weighted by Gasteiger charge is -2.14. The van der Waals surface area contributed by atoms with Crippen LogP contribution >= 0.6 is 45.3 Å². The molecule has 3 nitrogen and oxygen atoms in total. The second-order valence-corrected chi connectivity index (χ2v) is 10.1. The van der Waals surface area contributed by atoms with E-state index in [9.17, 15) is 0 Å². The molecule has 0 N–H and O–H groups in total. The van der Waals surface area contributed by atoms with Crippen molar-refractivity contribution >= 4 is 51.2 Å².